The Labute approximate surface area is 97.4 Å². The molecule has 0 heterocycles. The van der Waals surface area contributed by atoms with Crippen LogP contribution in [0.2, 0.25) is 0 Å². The summed E-state index contributed by atoms with van der Waals surface area (Å²) in [7, 11) is 0. The summed E-state index contributed by atoms with van der Waals surface area (Å²) in [5.41, 5.74) is -1.70. The Bertz CT molecular complexity index is 331. The molecule has 0 amide bonds. The van der Waals surface area contributed by atoms with Crippen molar-refractivity contribution in [1.29, 1.82) is 5.26 Å². The van der Waals surface area contributed by atoms with Gasteiger partial charge >= 0.3 is 5.97 Å². The van der Waals surface area contributed by atoms with Crippen LogP contribution in [0.1, 0.15) is 34.1 Å². The number of carbonyl (C=O) groups excluding carboxylic acids is 1. The molecule has 0 spiro atoms. The van der Waals surface area contributed by atoms with Gasteiger partial charge in [-0.1, -0.05) is 24.8 Å². The Morgan fingerprint density at radius 3 is 2.38 bits per heavy atom. The van der Waals surface area contributed by atoms with E-state index in [1.54, 1.807) is 45.9 Å². The summed E-state index contributed by atoms with van der Waals surface area (Å²) in [4.78, 5) is 11.8. The van der Waals surface area contributed by atoms with Crippen LogP contribution in [0, 0.1) is 16.7 Å². The molecular formula is C13H19NO2. The second-order valence-electron chi connectivity index (χ2n) is 4.81. The fraction of sp³-hybridized carbons (Fsp3) is 0.538. The number of hydrogen-bond acceptors (Lipinski definition) is 3. The Hall–Kier alpha value is -1.56. The molecule has 0 aliphatic rings. The lowest BCUT2D eigenvalue weighted by Gasteiger charge is -2.25. The van der Waals surface area contributed by atoms with Crippen molar-refractivity contribution in [3.8, 4) is 6.07 Å². The Morgan fingerprint density at radius 1 is 1.44 bits per heavy atom. The molecule has 0 saturated heterocycles. The van der Waals surface area contributed by atoms with Gasteiger partial charge in [-0.15, -0.1) is 0 Å². The van der Waals surface area contributed by atoms with Gasteiger partial charge < -0.3 is 4.74 Å². The van der Waals surface area contributed by atoms with Crippen molar-refractivity contribution < 1.29 is 9.53 Å². The molecule has 0 radical (unpaired) electrons. The minimum absolute atomic E-state index is 0.324. The molecule has 88 valence electrons. The lowest BCUT2D eigenvalue weighted by atomic mass is 9.88. The Kier molecular flexibility index (Phi) is 4.97. The van der Waals surface area contributed by atoms with Crippen molar-refractivity contribution in [2.45, 2.75) is 39.7 Å². The molecule has 0 fully saturated rings. The second-order valence-corrected chi connectivity index (χ2v) is 4.81. The molecule has 16 heavy (non-hydrogen) atoms. The SMILES string of the molecule is C=C/C=C/CC(C)(C#N)C(=O)OC(C)(C)C. The number of ether oxygens (including phenoxy) is 1. The van der Waals surface area contributed by atoms with Crippen LogP contribution in [0.5, 0.6) is 0 Å². The maximum atomic E-state index is 11.8. The Balaban J connectivity index is 4.71. The Morgan fingerprint density at radius 2 is 2.00 bits per heavy atom. The summed E-state index contributed by atoms with van der Waals surface area (Å²) in [6.45, 7) is 10.4. The highest BCUT2D eigenvalue weighted by molar-refractivity contribution is 5.80. The number of nitriles is 1. The number of allylic oxidation sites excluding steroid dienone is 3. The van der Waals surface area contributed by atoms with Crippen LogP contribution in [-0.2, 0) is 9.53 Å². The van der Waals surface area contributed by atoms with Crippen molar-refractivity contribution in [3.05, 3.63) is 24.8 Å². The minimum Gasteiger partial charge on any atom is -0.459 e. The second kappa shape index (κ2) is 5.50. The molecule has 0 bridgehead atoms. The van der Waals surface area contributed by atoms with Gasteiger partial charge in [0.25, 0.3) is 0 Å². The van der Waals surface area contributed by atoms with E-state index in [2.05, 4.69) is 6.58 Å². The van der Waals surface area contributed by atoms with Crippen molar-refractivity contribution in [2.24, 2.45) is 5.41 Å². The fourth-order valence-electron chi connectivity index (χ4n) is 0.965. The smallest absolute Gasteiger partial charge is 0.327 e. The highest BCUT2D eigenvalue weighted by Gasteiger charge is 2.36. The van der Waals surface area contributed by atoms with Crippen LogP contribution < -0.4 is 0 Å². The summed E-state index contributed by atoms with van der Waals surface area (Å²) in [6, 6.07) is 2.00. The van der Waals surface area contributed by atoms with Crippen molar-refractivity contribution in [3.63, 3.8) is 0 Å². The van der Waals surface area contributed by atoms with E-state index < -0.39 is 17.0 Å². The van der Waals surface area contributed by atoms with Gasteiger partial charge in [-0.25, -0.2) is 0 Å². The minimum atomic E-state index is -1.13. The average Bonchev–Trinajstić information content (AvgIpc) is 2.15. The molecule has 0 aliphatic heterocycles. The fourth-order valence-corrected chi connectivity index (χ4v) is 0.965. The maximum Gasteiger partial charge on any atom is 0.327 e. The first kappa shape index (κ1) is 14.4. The van der Waals surface area contributed by atoms with E-state index in [9.17, 15) is 4.79 Å². The highest BCUT2D eigenvalue weighted by atomic mass is 16.6. The van der Waals surface area contributed by atoms with Crippen LogP contribution >= 0.6 is 0 Å². The number of rotatable bonds is 4. The van der Waals surface area contributed by atoms with Crippen LogP contribution in [0.15, 0.2) is 24.8 Å². The summed E-state index contributed by atoms with van der Waals surface area (Å²) < 4.78 is 5.20. The molecule has 0 N–H and O–H groups in total. The summed E-state index contributed by atoms with van der Waals surface area (Å²) in [5, 5.41) is 9.04. The third-order valence-electron chi connectivity index (χ3n) is 1.89. The monoisotopic (exact) mass is 221 g/mol. The summed E-state index contributed by atoms with van der Waals surface area (Å²) >= 11 is 0. The van der Waals surface area contributed by atoms with Gasteiger partial charge in [-0.05, 0) is 34.1 Å². The molecule has 0 saturated carbocycles. The van der Waals surface area contributed by atoms with E-state index in [1.807, 2.05) is 6.07 Å². The first-order valence-corrected chi connectivity index (χ1v) is 5.17. The lowest BCUT2D eigenvalue weighted by Crippen LogP contribution is -2.34. The molecule has 0 rings (SSSR count). The van der Waals surface area contributed by atoms with E-state index in [4.69, 9.17) is 10.00 Å². The first-order chi connectivity index (χ1) is 7.25. The van der Waals surface area contributed by atoms with E-state index in [0.29, 0.717) is 6.42 Å². The van der Waals surface area contributed by atoms with Gasteiger partial charge in [-0.3, -0.25) is 4.79 Å². The van der Waals surface area contributed by atoms with Crippen molar-refractivity contribution in [1.82, 2.24) is 0 Å². The molecule has 1 atom stereocenters. The zero-order valence-corrected chi connectivity index (χ0v) is 10.4. The predicted octanol–water partition coefficient (Wildman–Crippen LogP) is 2.99. The summed E-state index contributed by atoms with van der Waals surface area (Å²) in [5.74, 6) is -0.490. The van der Waals surface area contributed by atoms with E-state index in [1.165, 1.54) is 0 Å². The normalized spacial score (nSPS) is 15.2. The van der Waals surface area contributed by atoms with Crippen LogP contribution in [0.4, 0.5) is 0 Å². The van der Waals surface area contributed by atoms with E-state index >= 15 is 0 Å². The van der Waals surface area contributed by atoms with Crippen molar-refractivity contribution in [2.75, 3.05) is 0 Å². The van der Waals surface area contributed by atoms with Gasteiger partial charge in [0.15, 0.2) is 5.41 Å². The standard InChI is InChI=1S/C13H19NO2/c1-6-7-8-9-13(5,10-14)11(15)16-12(2,3)4/h6-8H,1,9H2,2-5H3/b8-7+. The van der Waals surface area contributed by atoms with E-state index in [-0.39, 0.29) is 0 Å². The van der Waals surface area contributed by atoms with Gasteiger partial charge in [0.2, 0.25) is 0 Å². The maximum absolute atomic E-state index is 11.8. The first-order valence-electron chi connectivity index (χ1n) is 5.17. The predicted molar refractivity (Wildman–Crippen MR) is 63.5 cm³/mol. The number of carbonyl (C=O) groups is 1. The van der Waals surface area contributed by atoms with Crippen molar-refractivity contribution >= 4 is 5.97 Å². The number of nitrogens with zero attached hydrogens (tertiary/aromatic N) is 1. The quantitative estimate of drug-likeness (QED) is 0.541. The van der Waals surface area contributed by atoms with Gasteiger partial charge in [0.1, 0.15) is 5.60 Å². The van der Waals surface area contributed by atoms with E-state index in [0.717, 1.165) is 0 Å². The number of hydrogen-bond donors (Lipinski definition) is 0. The third kappa shape index (κ3) is 4.79. The number of esters is 1. The van der Waals surface area contributed by atoms with Gasteiger partial charge in [0, 0.05) is 0 Å². The van der Waals surface area contributed by atoms with Gasteiger partial charge in [0.05, 0.1) is 6.07 Å². The van der Waals surface area contributed by atoms with Crippen LogP contribution in [-0.4, -0.2) is 11.6 Å². The largest absolute Gasteiger partial charge is 0.459 e. The third-order valence-corrected chi connectivity index (χ3v) is 1.89. The zero-order valence-electron chi connectivity index (χ0n) is 10.4. The van der Waals surface area contributed by atoms with Crippen LogP contribution in [0.3, 0.4) is 0 Å². The lowest BCUT2D eigenvalue weighted by molar-refractivity contribution is -0.163. The molecule has 0 aromatic heterocycles. The average molecular weight is 221 g/mol. The molecule has 3 heteroatoms. The van der Waals surface area contributed by atoms with Crippen LogP contribution in [0.25, 0.3) is 0 Å². The summed E-state index contributed by atoms with van der Waals surface area (Å²) in [6.07, 6.45) is 5.37. The molecule has 0 aromatic carbocycles. The topological polar surface area (TPSA) is 50.1 Å². The molecule has 0 aromatic rings. The zero-order chi connectivity index (χ0) is 12.8. The molecule has 3 nitrogen and oxygen atoms in total. The molecular weight excluding hydrogens is 202 g/mol. The molecule has 1 unspecified atom stereocenters. The molecule has 0 aliphatic carbocycles. The highest BCUT2D eigenvalue weighted by Crippen LogP contribution is 2.25. The van der Waals surface area contributed by atoms with Gasteiger partial charge in [-0.2, -0.15) is 5.26 Å².